The average molecular weight is 279 g/mol. The molecule has 0 bridgehead atoms. The Kier molecular flexibility index (Phi) is 4.81. The summed E-state index contributed by atoms with van der Waals surface area (Å²) in [5, 5.41) is 11.4. The molecule has 1 aliphatic heterocycles. The second-order valence-electron chi connectivity index (χ2n) is 4.60. The van der Waals surface area contributed by atoms with Gasteiger partial charge in [-0.25, -0.2) is 0 Å². The van der Waals surface area contributed by atoms with Crippen molar-refractivity contribution in [2.24, 2.45) is 0 Å². The van der Waals surface area contributed by atoms with E-state index in [4.69, 9.17) is 14.6 Å². The van der Waals surface area contributed by atoms with Gasteiger partial charge < -0.3 is 19.9 Å². The van der Waals surface area contributed by atoms with Crippen molar-refractivity contribution in [1.29, 1.82) is 0 Å². The van der Waals surface area contributed by atoms with Crippen LogP contribution in [0.1, 0.15) is 18.4 Å². The Balaban J connectivity index is 2.01. The SMILES string of the molecule is O=CNC(CCC(=O)O)Cc1ccc2c(c1)OCCO2. The Labute approximate surface area is 116 Å². The standard InChI is InChI=1S/C14H17NO5/c16-9-15-11(2-4-14(17)18)7-10-1-3-12-13(8-10)20-6-5-19-12/h1,3,8-9,11H,2,4-7H2,(H,15,16)(H,17,18). The number of hydrogen-bond donors (Lipinski definition) is 2. The van der Waals surface area contributed by atoms with E-state index in [1.54, 1.807) is 0 Å². The van der Waals surface area contributed by atoms with Crippen LogP contribution in [0.3, 0.4) is 0 Å². The molecule has 1 atom stereocenters. The summed E-state index contributed by atoms with van der Waals surface area (Å²) in [6, 6.07) is 5.40. The van der Waals surface area contributed by atoms with Gasteiger partial charge in [-0.1, -0.05) is 6.07 Å². The number of hydrogen-bond acceptors (Lipinski definition) is 4. The topological polar surface area (TPSA) is 84.9 Å². The number of carbonyl (C=O) groups excluding carboxylic acids is 1. The number of amides is 1. The van der Waals surface area contributed by atoms with Gasteiger partial charge in [-0.3, -0.25) is 9.59 Å². The van der Waals surface area contributed by atoms with Gasteiger partial charge in [0.05, 0.1) is 0 Å². The van der Waals surface area contributed by atoms with Crippen LogP contribution in [-0.2, 0) is 16.0 Å². The highest BCUT2D eigenvalue weighted by Crippen LogP contribution is 2.31. The largest absolute Gasteiger partial charge is 0.486 e. The van der Waals surface area contributed by atoms with Crippen LogP contribution in [-0.4, -0.2) is 36.7 Å². The van der Waals surface area contributed by atoms with E-state index in [9.17, 15) is 9.59 Å². The summed E-state index contributed by atoms with van der Waals surface area (Å²) in [4.78, 5) is 21.2. The van der Waals surface area contributed by atoms with Gasteiger partial charge in [0.2, 0.25) is 6.41 Å². The normalized spacial score (nSPS) is 14.4. The molecule has 1 amide bonds. The molecule has 1 aliphatic rings. The van der Waals surface area contributed by atoms with Gasteiger partial charge in [0, 0.05) is 12.5 Å². The van der Waals surface area contributed by atoms with E-state index in [1.807, 2.05) is 18.2 Å². The third kappa shape index (κ3) is 3.88. The van der Waals surface area contributed by atoms with Crippen molar-refractivity contribution in [3.8, 4) is 11.5 Å². The minimum absolute atomic E-state index is 0.0239. The molecule has 1 unspecified atom stereocenters. The molecule has 2 N–H and O–H groups in total. The van der Waals surface area contributed by atoms with Crippen molar-refractivity contribution in [3.63, 3.8) is 0 Å². The summed E-state index contributed by atoms with van der Waals surface area (Å²) in [6.45, 7) is 1.06. The number of carboxylic acids is 1. The quantitative estimate of drug-likeness (QED) is 0.727. The van der Waals surface area contributed by atoms with Crippen LogP contribution >= 0.6 is 0 Å². The van der Waals surface area contributed by atoms with Crippen molar-refractivity contribution in [2.45, 2.75) is 25.3 Å². The predicted molar refractivity (Wildman–Crippen MR) is 71.0 cm³/mol. The highest BCUT2D eigenvalue weighted by molar-refractivity contribution is 5.66. The van der Waals surface area contributed by atoms with Crippen LogP contribution in [0.5, 0.6) is 11.5 Å². The van der Waals surface area contributed by atoms with Crippen molar-refractivity contribution < 1.29 is 24.2 Å². The Morgan fingerprint density at radius 2 is 2.10 bits per heavy atom. The Hall–Kier alpha value is -2.24. The van der Waals surface area contributed by atoms with Crippen LogP contribution in [0.25, 0.3) is 0 Å². The lowest BCUT2D eigenvalue weighted by Crippen LogP contribution is -2.30. The van der Waals surface area contributed by atoms with E-state index in [0.717, 1.165) is 5.56 Å². The third-order valence-electron chi connectivity index (χ3n) is 3.10. The number of carboxylic acid groups (broad SMARTS) is 1. The Morgan fingerprint density at radius 1 is 1.35 bits per heavy atom. The minimum atomic E-state index is -0.870. The first-order chi connectivity index (χ1) is 9.69. The summed E-state index contributed by atoms with van der Waals surface area (Å²) in [5.74, 6) is 0.534. The van der Waals surface area contributed by atoms with Crippen molar-refractivity contribution in [3.05, 3.63) is 23.8 Å². The molecule has 20 heavy (non-hydrogen) atoms. The molecule has 108 valence electrons. The highest BCUT2D eigenvalue weighted by Gasteiger charge is 2.15. The zero-order chi connectivity index (χ0) is 14.4. The van der Waals surface area contributed by atoms with Gasteiger partial charge in [0.1, 0.15) is 13.2 Å². The van der Waals surface area contributed by atoms with E-state index >= 15 is 0 Å². The van der Waals surface area contributed by atoms with Crippen LogP contribution in [0, 0.1) is 0 Å². The third-order valence-corrected chi connectivity index (χ3v) is 3.10. The van der Waals surface area contributed by atoms with Crippen molar-refractivity contribution >= 4 is 12.4 Å². The van der Waals surface area contributed by atoms with E-state index in [0.29, 0.717) is 44.0 Å². The van der Waals surface area contributed by atoms with E-state index in [1.165, 1.54) is 0 Å². The van der Waals surface area contributed by atoms with Gasteiger partial charge in [-0.05, 0) is 30.5 Å². The molecule has 0 radical (unpaired) electrons. The lowest BCUT2D eigenvalue weighted by atomic mass is 10.0. The summed E-state index contributed by atoms with van der Waals surface area (Å²) in [7, 11) is 0. The molecule has 0 aromatic heterocycles. The molecule has 2 rings (SSSR count). The van der Waals surface area contributed by atoms with Crippen LogP contribution in [0.15, 0.2) is 18.2 Å². The van der Waals surface area contributed by atoms with Gasteiger partial charge in [0.25, 0.3) is 0 Å². The highest BCUT2D eigenvalue weighted by atomic mass is 16.6. The fourth-order valence-electron chi connectivity index (χ4n) is 2.14. The predicted octanol–water partition coefficient (Wildman–Crippen LogP) is 0.980. The molecule has 1 heterocycles. The number of carbonyl (C=O) groups is 2. The molecule has 0 saturated carbocycles. The number of fused-ring (bicyclic) bond motifs is 1. The number of nitrogens with one attached hydrogen (secondary N) is 1. The number of benzene rings is 1. The number of ether oxygens (including phenoxy) is 2. The second-order valence-corrected chi connectivity index (χ2v) is 4.60. The van der Waals surface area contributed by atoms with E-state index in [2.05, 4.69) is 5.32 Å². The zero-order valence-corrected chi connectivity index (χ0v) is 11.0. The maximum absolute atomic E-state index is 10.6. The van der Waals surface area contributed by atoms with Gasteiger partial charge >= 0.3 is 5.97 Å². The lowest BCUT2D eigenvalue weighted by Gasteiger charge is -2.20. The lowest BCUT2D eigenvalue weighted by molar-refractivity contribution is -0.137. The molecular weight excluding hydrogens is 262 g/mol. The van der Waals surface area contributed by atoms with Crippen LogP contribution < -0.4 is 14.8 Å². The van der Waals surface area contributed by atoms with Gasteiger partial charge in [-0.2, -0.15) is 0 Å². The monoisotopic (exact) mass is 279 g/mol. The molecule has 6 nitrogen and oxygen atoms in total. The smallest absolute Gasteiger partial charge is 0.303 e. The summed E-state index contributed by atoms with van der Waals surface area (Å²) in [5.41, 5.74) is 0.971. The average Bonchev–Trinajstić information content (AvgIpc) is 2.45. The molecule has 0 saturated heterocycles. The fraction of sp³-hybridized carbons (Fsp3) is 0.429. The van der Waals surface area contributed by atoms with E-state index < -0.39 is 5.97 Å². The first-order valence-electron chi connectivity index (χ1n) is 6.49. The van der Waals surface area contributed by atoms with Crippen molar-refractivity contribution in [2.75, 3.05) is 13.2 Å². The molecule has 0 fully saturated rings. The van der Waals surface area contributed by atoms with Gasteiger partial charge in [-0.15, -0.1) is 0 Å². The number of rotatable bonds is 7. The van der Waals surface area contributed by atoms with Crippen LogP contribution in [0.4, 0.5) is 0 Å². The number of aliphatic carboxylic acids is 1. The molecular formula is C14H17NO5. The minimum Gasteiger partial charge on any atom is -0.486 e. The Morgan fingerprint density at radius 3 is 2.80 bits per heavy atom. The fourth-order valence-corrected chi connectivity index (χ4v) is 2.14. The van der Waals surface area contributed by atoms with Gasteiger partial charge in [0.15, 0.2) is 11.5 Å². The second kappa shape index (κ2) is 6.79. The Bertz CT molecular complexity index is 488. The summed E-state index contributed by atoms with van der Waals surface area (Å²) < 4.78 is 10.9. The maximum Gasteiger partial charge on any atom is 0.303 e. The van der Waals surface area contributed by atoms with Crippen molar-refractivity contribution in [1.82, 2.24) is 5.32 Å². The molecule has 0 spiro atoms. The molecule has 6 heteroatoms. The first kappa shape index (κ1) is 14.2. The maximum atomic E-state index is 10.6. The first-order valence-corrected chi connectivity index (χ1v) is 6.49. The zero-order valence-electron chi connectivity index (χ0n) is 11.0. The molecule has 1 aromatic rings. The molecule has 1 aromatic carbocycles. The summed E-state index contributed by atoms with van der Waals surface area (Å²) in [6.07, 6.45) is 1.58. The molecule has 0 aliphatic carbocycles. The van der Waals surface area contributed by atoms with Crippen LogP contribution in [0.2, 0.25) is 0 Å². The van der Waals surface area contributed by atoms with E-state index in [-0.39, 0.29) is 12.5 Å². The summed E-state index contributed by atoms with van der Waals surface area (Å²) >= 11 is 0.